The van der Waals surface area contributed by atoms with Crippen LogP contribution in [-0.4, -0.2) is 13.4 Å². The van der Waals surface area contributed by atoms with E-state index in [0.717, 1.165) is 5.56 Å². The topological polar surface area (TPSA) is 28.0 Å². The van der Waals surface area contributed by atoms with E-state index in [9.17, 15) is 4.39 Å². The van der Waals surface area contributed by atoms with Crippen molar-refractivity contribution in [3.63, 3.8) is 0 Å². The van der Waals surface area contributed by atoms with Gasteiger partial charge in [0, 0.05) is 13.4 Å². The van der Waals surface area contributed by atoms with Crippen LogP contribution < -0.4 is 5.12 Å². The quantitative estimate of drug-likeness (QED) is 0.555. The van der Waals surface area contributed by atoms with Crippen LogP contribution >= 0.6 is 0 Å². The lowest BCUT2D eigenvalue weighted by atomic mass is 10.2. The summed E-state index contributed by atoms with van der Waals surface area (Å²) in [4.78, 5) is 0. The second-order valence-electron chi connectivity index (χ2n) is 2.50. The third-order valence-electron chi connectivity index (χ3n) is 1.64. The molecule has 0 saturated heterocycles. The highest BCUT2D eigenvalue weighted by Gasteiger charge is 2.05. The Bertz CT molecular complexity index is 329. The molecule has 0 fully saturated rings. The first-order chi connectivity index (χ1) is 7.19. The van der Waals surface area contributed by atoms with Crippen LogP contribution in [0, 0.1) is 12.7 Å². The molecule has 0 N–H and O–H groups in total. The molecule has 0 aliphatic carbocycles. The van der Waals surface area contributed by atoms with E-state index in [4.69, 9.17) is 0 Å². The number of anilines is 1. The van der Waals surface area contributed by atoms with E-state index >= 15 is 0 Å². The van der Waals surface area contributed by atoms with E-state index in [2.05, 4.69) is 23.6 Å². The zero-order chi connectivity index (χ0) is 11.8. The van der Waals surface area contributed by atoms with E-state index in [0.29, 0.717) is 5.69 Å². The molecule has 0 aliphatic rings. The van der Waals surface area contributed by atoms with Crippen LogP contribution in [0.3, 0.4) is 0 Å². The lowest BCUT2D eigenvalue weighted by molar-refractivity contribution is 0.626. The highest BCUT2D eigenvalue weighted by atomic mass is 19.1. The summed E-state index contributed by atoms with van der Waals surface area (Å²) in [7, 11) is 0. The molecule has 1 aromatic rings. The maximum Gasteiger partial charge on any atom is 0.123 e. The Morgan fingerprint density at radius 2 is 1.73 bits per heavy atom. The molecular weight excluding hydrogens is 193 g/mol. The van der Waals surface area contributed by atoms with Crippen LogP contribution in [0.5, 0.6) is 0 Å². The molecule has 0 radical (unpaired) electrons. The van der Waals surface area contributed by atoms with E-state index in [1.807, 2.05) is 13.8 Å². The summed E-state index contributed by atoms with van der Waals surface area (Å²) in [5.74, 6) is -0.283. The van der Waals surface area contributed by atoms with Crippen molar-refractivity contribution in [3.8, 4) is 0 Å². The molecule has 0 aliphatic heterocycles. The van der Waals surface area contributed by atoms with Gasteiger partial charge in [0.2, 0.25) is 0 Å². The molecule has 0 atom stereocenters. The normalized spacial score (nSPS) is 8.53. The SMILES string of the molecule is C=NN(N=C)c1ccc(F)cc1C.CC. The van der Waals surface area contributed by atoms with Gasteiger partial charge in [-0.25, -0.2) is 4.39 Å². The van der Waals surface area contributed by atoms with Crippen LogP contribution in [0.25, 0.3) is 0 Å². The maximum atomic E-state index is 12.7. The Hall–Kier alpha value is -1.71. The number of halogens is 1. The van der Waals surface area contributed by atoms with Gasteiger partial charge >= 0.3 is 0 Å². The Labute approximate surface area is 89.9 Å². The molecule has 0 spiro atoms. The number of hydrogen-bond acceptors (Lipinski definition) is 3. The summed E-state index contributed by atoms with van der Waals surface area (Å²) in [6, 6.07) is 4.32. The van der Waals surface area contributed by atoms with Gasteiger partial charge in [0.1, 0.15) is 5.82 Å². The second kappa shape index (κ2) is 6.70. The molecule has 15 heavy (non-hydrogen) atoms. The molecule has 1 aromatic carbocycles. The average molecular weight is 209 g/mol. The van der Waals surface area contributed by atoms with Crippen LogP contribution in [0.15, 0.2) is 28.4 Å². The van der Waals surface area contributed by atoms with Crippen molar-refractivity contribution in [3.05, 3.63) is 29.6 Å². The Morgan fingerprint density at radius 3 is 2.13 bits per heavy atom. The summed E-state index contributed by atoms with van der Waals surface area (Å²) >= 11 is 0. The summed E-state index contributed by atoms with van der Waals surface area (Å²) in [6.45, 7) is 12.4. The molecule has 0 amide bonds. The molecule has 0 heterocycles. The van der Waals surface area contributed by atoms with Gasteiger partial charge in [-0.1, -0.05) is 13.8 Å². The fraction of sp³-hybridized carbons (Fsp3) is 0.273. The number of hydrazone groups is 2. The standard InChI is InChI=1S/C9H10FN3.C2H6/c1-7-6-8(10)4-5-9(7)13(11-2)12-3;1-2/h4-6H,2-3H2,1H3;1-2H3. The molecule has 4 heteroatoms. The first kappa shape index (κ1) is 13.3. The fourth-order valence-corrected chi connectivity index (χ4v) is 1.04. The first-order valence-electron chi connectivity index (χ1n) is 4.68. The van der Waals surface area contributed by atoms with E-state index in [1.54, 1.807) is 13.0 Å². The highest BCUT2D eigenvalue weighted by Crippen LogP contribution is 2.20. The lowest BCUT2D eigenvalue weighted by Gasteiger charge is -2.13. The van der Waals surface area contributed by atoms with Gasteiger partial charge in [0.25, 0.3) is 0 Å². The van der Waals surface area contributed by atoms with Gasteiger partial charge in [-0.3, -0.25) is 0 Å². The van der Waals surface area contributed by atoms with E-state index in [1.165, 1.54) is 17.3 Å². The molecule has 0 aromatic heterocycles. The van der Waals surface area contributed by atoms with E-state index < -0.39 is 0 Å². The summed E-state index contributed by atoms with van der Waals surface area (Å²) < 4.78 is 12.7. The molecule has 0 unspecified atom stereocenters. The minimum Gasteiger partial charge on any atom is -0.207 e. The van der Waals surface area contributed by atoms with Crippen molar-refractivity contribution in [2.24, 2.45) is 10.2 Å². The molecule has 0 bridgehead atoms. The van der Waals surface area contributed by atoms with Crippen molar-refractivity contribution < 1.29 is 4.39 Å². The fourth-order valence-electron chi connectivity index (χ4n) is 1.04. The Morgan fingerprint density at radius 1 is 1.20 bits per heavy atom. The van der Waals surface area contributed by atoms with Crippen LogP contribution in [0.2, 0.25) is 0 Å². The smallest absolute Gasteiger partial charge is 0.123 e. The summed E-state index contributed by atoms with van der Waals surface area (Å²) in [6.07, 6.45) is 0. The van der Waals surface area contributed by atoms with Gasteiger partial charge in [0.15, 0.2) is 0 Å². The highest BCUT2D eigenvalue weighted by molar-refractivity contribution is 5.54. The Kier molecular flexibility index (Phi) is 5.94. The monoisotopic (exact) mass is 209 g/mol. The molecule has 3 nitrogen and oxygen atoms in total. The zero-order valence-corrected chi connectivity index (χ0v) is 9.37. The number of hydrogen-bond donors (Lipinski definition) is 0. The summed E-state index contributed by atoms with van der Waals surface area (Å²) in [5.41, 5.74) is 1.41. The van der Waals surface area contributed by atoms with Crippen LogP contribution in [0.4, 0.5) is 10.1 Å². The van der Waals surface area contributed by atoms with Gasteiger partial charge < -0.3 is 0 Å². The maximum absolute atomic E-state index is 12.7. The average Bonchev–Trinajstić information content (AvgIpc) is 2.25. The van der Waals surface area contributed by atoms with Gasteiger partial charge in [-0.15, -0.1) is 0 Å². The van der Waals surface area contributed by atoms with Crippen molar-refractivity contribution in [2.75, 3.05) is 5.12 Å². The number of benzene rings is 1. The van der Waals surface area contributed by atoms with Crippen molar-refractivity contribution in [1.82, 2.24) is 0 Å². The number of rotatable bonds is 3. The van der Waals surface area contributed by atoms with Crippen molar-refractivity contribution in [1.29, 1.82) is 0 Å². The second-order valence-corrected chi connectivity index (χ2v) is 2.50. The predicted molar refractivity (Wildman–Crippen MR) is 64.1 cm³/mol. The third kappa shape index (κ3) is 3.50. The van der Waals surface area contributed by atoms with Gasteiger partial charge in [-0.2, -0.15) is 15.3 Å². The number of nitrogens with zero attached hydrogens (tertiary/aromatic N) is 3. The van der Waals surface area contributed by atoms with Gasteiger partial charge in [0.05, 0.1) is 5.69 Å². The summed E-state index contributed by atoms with van der Waals surface area (Å²) in [5, 5.41) is 8.44. The predicted octanol–water partition coefficient (Wildman–Crippen LogP) is 3.20. The van der Waals surface area contributed by atoms with E-state index in [-0.39, 0.29) is 5.82 Å². The third-order valence-corrected chi connectivity index (χ3v) is 1.64. The molecular formula is C11H16FN3. The van der Waals surface area contributed by atoms with Crippen LogP contribution in [0.1, 0.15) is 19.4 Å². The lowest BCUT2D eigenvalue weighted by Crippen LogP contribution is -2.07. The number of aryl methyl sites for hydroxylation is 1. The molecule has 1 rings (SSSR count). The molecule has 0 saturated carbocycles. The first-order valence-corrected chi connectivity index (χ1v) is 4.68. The largest absolute Gasteiger partial charge is 0.207 e. The van der Waals surface area contributed by atoms with Crippen molar-refractivity contribution in [2.45, 2.75) is 20.8 Å². The van der Waals surface area contributed by atoms with Crippen molar-refractivity contribution >= 4 is 19.1 Å². The van der Waals surface area contributed by atoms with Crippen LogP contribution in [-0.2, 0) is 0 Å². The minimum atomic E-state index is -0.283. The zero-order valence-electron chi connectivity index (χ0n) is 9.37. The minimum absolute atomic E-state index is 0.283. The van der Waals surface area contributed by atoms with Gasteiger partial charge in [-0.05, 0) is 30.7 Å². The Balaban J connectivity index is 0.000000921. The molecule has 82 valence electrons.